The van der Waals surface area contributed by atoms with Crippen molar-refractivity contribution in [2.24, 2.45) is 4.99 Å². The molecule has 1 N–H and O–H groups in total. The van der Waals surface area contributed by atoms with Gasteiger partial charge in [-0.15, -0.1) is 0 Å². The Kier molecular flexibility index (Phi) is 5.71. The highest BCUT2D eigenvalue weighted by Crippen LogP contribution is 2.31. The number of aliphatic imine (C=N–C) groups is 1. The van der Waals surface area contributed by atoms with Crippen molar-refractivity contribution in [3.8, 4) is 5.69 Å². The number of nitrogens with zero attached hydrogens (tertiary/aromatic N) is 2. The lowest BCUT2D eigenvalue weighted by molar-refractivity contribution is -0.115. The molecule has 2 aromatic carbocycles. The third-order valence-corrected chi connectivity index (χ3v) is 6.37. The molecule has 0 saturated carbocycles. The second kappa shape index (κ2) is 8.28. The van der Waals surface area contributed by atoms with Gasteiger partial charge in [0.05, 0.1) is 10.6 Å². The predicted molar refractivity (Wildman–Crippen MR) is 130 cm³/mol. The van der Waals surface area contributed by atoms with Crippen molar-refractivity contribution in [1.29, 1.82) is 0 Å². The van der Waals surface area contributed by atoms with Gasteiger partial charge in [0, 0.05) is 21.5 Å². The summed E-state index contributed by atoms with van der Waals surface area (Å²) in [7, 11) is 0. The average Bonchev–Trinajstić information content (AvgIpc) is 3.14. The Morgan fingerprint density at radius 2 is 1.67 bits per heavy atom. The van der Waals surface area contributed by atoms with Gasteiger partial charge in [-0.25, -0.2) is 4.99 Å². The summed E-state index contributed by atoms with van der Waals surface area (Å²) in [5, 5.41) is 3.49. The number of amidine groups is 1. The van der Waals surface area contributed by atoms with E-state index in [0.717, 1.165) is 43.9 Å². The summed E-state index contributed by atoms with van der Waals surface area (Å²) in [6, 6.07) is 16.5. The zero-order valence-electron chi connectivity index (χ0n) is 17.3. The summed E-state index contributed by atoms with van der Waals surface area (Å²) in [5.74, 6) is -0.114. The standard InChI is InChI=1S/C24H22BrN3OS/c1-14-9-15(2)11-20(10-14)26-24-27-23(29)22(30-24)13-18-12-16(3)28(17(18)4)21-7-5-19(25)6-8-21/h5-13H,1-4H3,(H,26,27,29). The van der Waals surface area contributed by atoms with E-state index in [2.05, 4.69) is 68.9 Å². The van der Waals surface area contributed by atoms with Crippen LogP contribution in [0.4, 0.5) is 5.69 Å². The zero-order chi connectivity index (χ0) is 21.4. The summed E-state index contributed by atoms with van der Waals surface area (Å²) >= 11 is 4.86. The van der Waals surface area contributed by atoms with E-state index in [9.17, 15) is 4.79 Å². The molecule has 0 bridgehead atoms. The van der Waals surface area contributed by atoms with Gasteiger partial charge in [-0.1, -0.05) is 22.0 Å². The van der Waals surface area contributed by atoms with Crippen LogP contribution in [0, 0.1) is 27.7 Å². The monoisotopic (exact) mass is 479 g/mol. The third kappa shape index (κ3) is 4.30. The van der Waals surface area contributed by atoms with Gasteiger partial charge in [-0.3, -0.25) is 4.79 Å². The van der Waals surface area contributed by atoms with Crippen molar-refractivity contribution in [2.75, 3.05) is 0 Å². The van der Waals surface area contributed by atoms with Crippen molar-refractivity contribution in [3.05, 3.63) is 86.0 Å². The highest BCUT2D eigenvalue weighted by Gasteiger charge is 2.24. The fourth-order valence-corrected chi connectivity index (χ4v) is 4.77. The van der Waals surface area contributed by atoms with Crippen molar-refractivity contribution < 1.29 is 4.79 Å². The fourth-order valence-electron chi connectivity index (χ4n) is 3.68. The van der Waals surface area contributed by atoms with Crippen LogP contribution in [0.25, 0.3) is 11.8 Å². The molecule has 3 aromatic rings. The molecule has 152 valence electrons. The van der Waals surface area contributed by atoms with Crippen molar-refractivity contribution >= 4 is 50.5 Å². The van der Waals surface area contributed by atoms with Gasteiger partial charge in [-0.2, -0.15) is 0 Å². The van der Waals surface area contributed by atoms with Crippen LogP contribution in [0.1, 0.15) is 28.1 Å². The molecule has 30 heavy (non-hydrogen) atoms. The number of aromatic nitrogens is 1. The highest BCUT2D eigenvalue weighted by atomic mass is 79.9. The third-order valence-electron chi connectivity index (χ3n) is 4.93. The molecule has 1 aromatic heterocycles. The summed E-state index contributed by atoms with van der Waals surface area (Å²) in [6.45, 7) is 8.24. The van der Waals surface area contributed by atoms with Crippen LogP contribution in [0.3, 0.4) is 0 Å². The van der Waals surface area contributed by atoms with E-state index in [0.29, 0.717) is 10.1 Å². The SMILES string of the molecule is Cc1cc(C)cc(N=C2NC(=O)C(=Cc3cc(C)n(-c4ccc(Br)cc4)c3C)S2)c1. The van der Waals surface area contributed by atoms with Crippen LogP contribution in [0.15, 0.2) is 62.9 Å². The van der Waals surface area contributed by atoms with E-state index in [1.165, 1.54) is 11.8 Å². The summed E-state index contributed by atoms with van der Waals surface area (Å²) in [4.78, 5) is 17.8. The minimum absolute atomic E-state index is 0.114. The molecular weight excluding hydrogens is 458 g/mol. The second-order valence-electron chi connectivity index (χ2n) is 7.47. The number of nitrogens with one attached hydrogen (secondary N) is 1. The Morgan fingerprint density at radius 1 is 1.00 bits per heavy atom. The maximum absolute atomic E-state index is 12.5. The number of aryl methyl sites for hydroxylation is 3. The lowest BCUT2D eigenvalue weighted by Crippen LogP contribution is -2.19. The molecule has 1 aliphatic heterocycles. The van der Waals surface area contributed by atoms with E-state index in [1.807, 2.05) is 44.2 Å². The lowest BCUT2D eigenvalue weighted by Gasteiger charge is -2.09. The maximum atomic E-state index is 12.5. The van der Waals surface area contributed by atoms with Crippen LogP contribution < -0.4 is 5.32 Å². The summed E-state index contributed by atoms with van der Waals surface area (Å²) in [5.41, 5.74) is 7.49. The molecular formula is C24H22BrN3OS. The number of carbonyl (C=O) groups excluding carboxylic acids is 1. The summed E-state index contributed by atoms with van der Waals surface area (Å²) in [6.07, 6.45) is 1.95. The lowest BCUT2D eigenvalue weighted by atomic mass is 10.1. The first-order chi connectivity index (χ1) is 14.3. The minimum atomic E-state index is -0.114. The largest absolute Gasteiger partial charge is 0.318 e. The van der Waals surface area contributed by atoms with E-state index in [4.69, 9.17) is 0 Å². The van der Waals surface area contributed by atoms with Gasteiger partial charge >= 0.3 is 0 Å². The van der Waals surface area contributed by atoms with Crippen molar-refractivity contribution in [3.63, 3.8) is 0 Å². The Hall–Kier alpha value is -2.57. The van der Waals surface area contributed by atoms with Gasteiger partial charge in [0.2, 0.25) is 0 Å². The second-order valence-corrected chi connectivity index (χ2v) is 9.41. The zero-order valence-corrected chi connectivity index (χ0v) is 19.7. The Morgan fingerprint density at radius 3 is 2.33 bits per heavy atom. The van der Waals surface area contributed by atoms with Crippen molar-refractivity contribution in [2.45, 2.75) is 27.7 Å². The normalized spacial score (nSPS) is 16.5. The number of carbonyl (C=O) groups is 1. The van der Waals surface area contributed by atoms with E-state index in [-0.39, 0.29) is 5.91 Å². The first kappa shape index (κ1) is 20.7. The predicted octanol–water partition coefficient (Wildman–Crippen LogP) is 6.37. The Labute approximate surface area is 189 Å². The van der Waals surface area contributed by atoms with E-state index < -0.39 is 0 Å². The molecule has 0 spiro atoms. The van der Waals surface area contributed by atoms with E-state index in [1.54, 1.807) is 0 Å². The highest BCUT2D eigenvalue weighted by molar-refractivity contribution is 9.10. The number of benzene rings is 2. The Balaban J connectivity index is 1.64. The van der Waals surface area contributed by atoms with Gasteiger partial charge in [0.25, 0.3) is 5.91 Å². The first-order valence-corrected chi connectivity index (χ1v) is 11.2. The molecule has 1 amide bonds. The minimum Gasteiger partial charge on any atom is -0.318 e. The van der Waals surface area contributed by atoms with Crippen LogP contribution in [0.2, 0.25) is 0 Å². The summed E-state index contributed by atoms with van der Waals surface area (Å²) < 4.78 is 3.24. The molecule has 0 atom stereocenters. The van der Waals surface area contributed by atoms with E-state index >= 15 is 0 Å². The molecule has 0 radical (unpaired) electrons. The number of rotatable bonds is 3. The smallest absolute Gasteiger partial charge is 0.264 e. The molecule has 0 unspecified atom stereocenters. The van der Waals surface area contributed by atoms with Gasteiger partial charge in [-0.05, 0) is 105 Å². The first-order valence-electron chi connectivity index (χ1n) is 9.63. The number of halogens is 1. The number of hydrogen-bond donors (Lipinski definition) is 1. The molecule has 2 heterocycles. The maximum Gasteiger partial charge on any atom is 0.264 e. The molecule has 1 saturated heterocycles. The van der Waals surface area contributed by atoms with Crippen LogP contribution in [-0.2, 0) is 4.79 Å². The van der Waals surface area contributed by atoms with Crippen LogP contribution in [-0.4, -0.2) is 15.6 Å². The molecule has 4 rings (SSSR count). The average molecular weight is 480 g/mol. The van der Waals surface area contributed by atoms with Gasteiger partial charge in [0.15, 0.2) is 5.17 Å². The van der Waals surface area contributed by atoms with Gasteiger partial charge in [0.1, 0.15) is 0 Å². The quantitative estimate of drug-likeness (QED) is 0.443. The van der Waals surface area contributed by atoms with Gasteiger partial charge < -0.3 is 9.88 Å². The topological polar surface area (TPSA) is 46.4 Å². The molecule has 0 aliphatic carbocycles. The fraction of sp³-hybridized carbons (Fsp3) is 0.167. The van der Waals surface area contributed by atoms with Crippen LogP contribution in [0.5, 0.6) is 0 Å². The number of thioether (sulfide) groups is 1. The van der Waals surface area contributed by atoms with Crippen molar-refractivity contribution in [1.82, 2.24) is 9.88 Å². The molecule has 6 heteroatoms. The number of hydrogen-bond acceptors (Lipinski definition) is 3. The molecule has 4 nitrogen and oxygen atoms in total. The number of amides is 1. The molecule has 1 fully saturated rings. The Bertz CT molecular complexity index is 1190. The molecule has 1 aliphatic rings. The van der Waals surface area contributed by atoms with Crippen LogP contribution >= 0.6 is 27.7 Å².